The minimum absolute atomic E-state index is 0.00547. The summed E-state index contributed by atoms with van der Waals surface area (Å²) < 4.78 is 29.4. The van der Waals surface area contributed by atoms with Crippen molar-refractivity contribution in [2.75, 3.05) is 31.7 Å². The van der Waals surface area contributed by atoms with E-state index in [0.717, 1.165) is 41.5 Å². The summed E-state index contributed by atoms with van der Waals surface area (Å²) in [6.07, 6.45) is 3.44. The molecule has 1 aromatic rings. The van der Waals surface area contributed by atoms with Gasteiger partial charge in [-0.3, -0.25) is 0 Å². The van der Waals surface area contributed by atoms with Crippen LogP contribution in [0.4, 0.5) is 10.8 Å². The highest BCUT2D eigenvalue weighted by atomic mass is 32.2. The number of nitrogens with two attached hydrogens (primary N) is 1. The van der Waals surface area contributed by atoms with Gasteiger partial charge in [0.15, 0.2) is 10.7 Å². The molecule has 1 saturated carbocycles. The summed E-state index contributed by atoms with van der Waals surface area (Å²) in [4.78, 5) is -0.00547. The molecule has 0 atom stereocenters. The SMILES string of the molecule is CN(C)S(=O)(=O)c1c(N)nsc1NCC1(O)CCCC1. The zero-order valence-corrected chi connectivity index (χ0v) is 13.2. The Kier molecular flexibility index (Phi) is 4.24. The van der Waals surface area contributed by atoms with Crippen molar-refractivity contribution in [1.82, 2.24) is 8.68 Å². The highest BCUT2D eigenvalue weighted by molar-refractivity contribution is 7.89. The van der Waals surface area contributed by atoms with Gasteiger partial charge in [0.05, 0.1) is 5.60 Å². The van der Waals surface area contributed by atoms with E-state index in [9.17, 15) is 13.5 Å². The first-order chi connectivity index (χ1) is 9.26. The van der Waals surface area contributed by atoms with E-state index in [1.807, 2.05) is 0 Å². The largest absolute Gasteiger partial charge is 0.388 e. The average molecular weight is 320 g/mol. The van der Waals surface area contributed by atoms with Crippen LogP contribution in [-0.4, -0.2) is 48.4 Å². The predicted octanol–water partition coefficient (Wildman–Crippen LogP) is 0.693. The van der Waals surface area contributed by atoms with Gasteiger partial charge in [-0.25, -0.2) is 12.7 Å². The molecule has 1 aliphatic carbocycles. The van der Waals surface area contributed by atoms with Crippen LogP contribution in [0.2, 0.25) is 0 Å². The van der Waals surface area contributed by atoms with E-state index in [1.165, 1.54) is 14.1 Å². The normalized spacial score (nSPS) is 18.6. The van der Waals surface area contributed by atoms with Crippen molar-refractivity contribution in [3.63, 3.8) is 0 Å². The molecule has 0 aromatic carbocycles. The van der Waals surface area contributed by atoms with Crippen molar-refractivity contribution in [3.8, 4) is 0 Å². The van der Waals surface area contributed by atoms with Gasteiger partial charge in [0.1, 0.15) is 5.00 Å². The van der Waals surface area contributed by atoms with E-state index >= 15 is 0 Å². The number of nitrogen functional groups attached to an aromatic ring is 1. The first kappa shape index (κ1) is 15.5. The minimum Gasteiger partial charge on any atom is -0.388 e. The topological polar surface area (TPSA) is 109 Å². The Labute approximate surface area is 123 Å². The molecule has 2 rings (SSSR count). The van der Waals surface area contributed by atoms with Crippen molar-refractivity contribution >= 4 is 32.4 Å². The van der Waals surface area contributed by atoms with Crippen LogP contribution in [0.1, 0.15) is 25.7 Å². The second-order valence-electron chi connectivity index (χ2n) is 5.30. The number of hydrogen-bond donors (Lipinski definition) is 3. The lowest BCUT2D eigenvalue weighted by Crippen LogP contribution is -2.34. The van der Waals surface area contributed by atoms with Crippen LogP contribution in [0.25, 0.3) is 0 Å². The molecule has 9 heteroatoms. The van der Waals surface area contributed by atoms with Gasteiger partial charge in [-0.1, -0.05) is 12.8 Å². The molecule has 1 heterocycles. The molecule has 0 spiro atoms. The fourth-order valence-electron chi connectivity index (χ4n) is 2.29. The van der Waals surface area contributed by atoms with Gasteiger partial charge in [0, 0.05) is 20.6 Å². The maximum absolute atomic E-state index is 12.2. The summed E-state index contributed by atoms with van der Waals surface area (Å²) in [7, 11) is -0.758. The van der Waals surface area contributed by atoms with Crippen LogP contribution in [-0.2, 0) is 10.0 Å². The summed E-state index contributed by atoms with van der Waals surface area (Å²) >= 11 is 0.999. The molecule has 0 bridgehead atoms. The summed E-state index contributed by atoms with van der Waals surface area (Å²) in [5.74, 6) is -0.00962. The summed E-state index contributed by atoms with van der Waals surface area (Å²) in [6.45, 7) is 0.310. The number of nitrogens with one attached hydrogen (secondary N) is 1. The van der Waals surface area contributed by atoms with Gasteiger partial charge in [0.25, 0.3) is 0 Å². The minimum atomic E-state index is -3.65. The monoisotopic (exact) mass is 320 g/mol. The highest BCUT2D eigenvalue weighted by Crippen LogP contribution is 2.35. The maximum atomic E-state index is 12.2. The fourth-order valence-corrected chi connectivity index (χ4v) is 4.37. The van der Waals surface area contributed by atoms with Crippen LogP contribution in [0, 0.1) is 0 Å². The van der Waals surface area contributed by atoms with Crippen LogP contribution in [0.15, 0.2) is 4.90 Å². The number of anilines is 2. The zero-order chi connectivity index (χ0) is 15.0. The second kappa shape index (κ2) is 5.47. The molecule has 1 aliphatic rings. The summed E-state index contributed by atoms with van der Waals surface area (Å²) in [6, 6.07) is 0. The van der Waals surface area contributed by atoms with Gasteiger partial charge < -0.3 is 16.2 Å². The first-order valence-corrected chi connectivity index (χ1v) is 8.61. The van der Waals surface area contributed by atoms with Crippen LogP contribution < -0.4 is 11.1 Å². The molecule has 1 aromatic heterocycles. The van der Waals surface area contributed by atoms with E-state index in [4.69, 9.17) is 5.73 Å². The Bertz CT molecular complexity index is 576. The van der Waals surface area contributed by atoms with Crippen LogP contribution in [0.5, 0.6) is 0 Å². The lowest BCUT2D eigenvalue weighted by Gasteiger charge is -2.23. The van der Waals surface area contributed by atoms with Gasteiger partial charge in [-0.05, 0) is 24.4 Å². The smallest absolute Gasteiger partial charge is 0.249 e. The quantitative estimate of drug-likeness (QED) is 0.736. The molecule has 0 radical (unpaired) electrons. The third-order valence-electron chi connectivity index (χ3n) is 3.53. The first-order valence-electron chi connectivity index (χ1n) is 6.40. The maximum Gasteiger partial charge on any atom is 0.249 e. The lowest BCUT2D eigenvalue weighted by atomic mass is 10.0. The number of aliphatic hydroxyl groups is 1. The van der Waals surface area contributed by atoms with Gasteiger partial charge in [-0.15, -0.1) is 0 Å². The second-order valence-corrected chi connectivity index (χ2v) is 8.16. The molecule has 1 fully saturated rings. The van der Waals surface area contributed by atoms with Crippen LogP contribution >= 0.6 is 11.5 Å². The van der Waals surface area contributed by atoms with Crippen molar-refractivity contribution in [3.05, 3.63) is 0 Å². The molecular weight excluding hydrogens is 300 g/mol. The predicted molar refractivity (Wildman–Crippen MR) is 79.3 cm³/mol. The average Bonchev–Trinajstić information content (AvgIpc) is 2.94. The van der Waals surface area contributed by atoms with Crippen molar-refractivity contribution in [2.24, 2.45) is 0 Å². The van der Waals surface area contributed by atoms with E-state index in [1.54, 1.807) is 0 Å². The molecule has 4 N–H and O–H groups in total. The van der Waals surface area contributed by atoms with Crippen molar-refractivity contribution in [2.45, 2.75) is 36.2 Å². The summed E-state index contributed by atoms with van der Waals surface area (Å²) in [5, 5.41) is 13.7. The molecule has 0 unspecified atom stereocenters. The molecule has 20 heavy (non-hydrogen) atoms. The number of hydrogen-bond acceptors (Lipinski definition) is 7. The van der Waals surface area contributed by atoms with Gasteiger partial charge in [0.2, 0.25) is 10.0 Å². The van der Waals surface area contributed by atoms with E-state index < -0.39 is 15.6 Å². The number of aromatic nitrogens is 1. The van der Waals surface area contributed by atoms with Gasteiger partial charge in [-0.2, -0.15) is 4.37 Å². The number of nitrogens with zero attached hydrogens (tertiary/aromatic N) is 2. The molecule has 0 aliphatic heterocycles. The third kappa shape index (κ3) is 2.90. The number of rotatable bonds is 5. The van der Waals surface area contributed by atoms with E-state index in [0.29, 0.717) is 11.5 Å². The van der Waals surface area contributed by atoms with E-state index in [2.05, 4.69) is 9.69 Å². The summed E-state index contributed by atoms with van der Waals surface area (Å²) in [5.41, 5.74) is 4.91. The van der Waals surface area contributed by atoms with Crippen molar-refractivity contribution in [1.29, 1.82) is 0 Å². The highest BCUT2D eigenvalue weighted by Gasteiger charge is 2.33. The fraction of sp³-hybridized carbons (Fsp3) is 0.727. The standard InChI is InChI=1S/C11H20N4O3S2/c1-15(2)20(17,18)8-9(12)14-19-10(8)13-7-11(16)5-3-4-6-11/h13,16H,3-7H2,1-2H3,(H2,12,14). The molecule has 114 valence electrons. The molecule has 0 saturated heterocycles. The Morgan fingerprint density at radius 3 is 2.60 bits per heavy atom. The molecule has 7 nitrogen and oxygen atoms in total. The van der Waals surface area contributed by atoms with Crippen molar-refractivity contribution < 1.29 is 13.5 Å². The van der Waals surface area contributed by atoms with Gasteiger partial charge >= 0.3 is 0 Å². The number of sulfonamides is 1. The lowest BCUT2D eigenvalue weighted by molar-refractivity contribution is 0.0615. The third-order valence-corrected chi connectivity index (χ3v) is 6.36. The Hall–Kier alpha value is -0.900. The van der Waals surface area contributed by atoms with E-state index in [-0.39, 0.29) is 10.7 Å². The van der Waals surface area contributed by atoms with Crippen LogP contribution in [0.3, 0.4) is 0 Å². The zero-order valence-electron chi connectivity index (χ0n) is 11.6. The Morgan fingerprint density at radius 2 is 2.05 bits per heavy atom. The molecule has 0 amide bonds. The Morgan fingerprint density at radius 1 is 1.45 bits per heavy atom. The Balaban J connectivity index is 2.22. The molecular formula is C11H20N4O3S2.